The predicted octanol–water partition coefficient (Wildman–Crippen LogP) is 3.40. The van der Waals surface area contributed by atoms with E-state index in [0.717, 1.165) is 13.1 Å². The average Bonchev–Trinajstić information content (AvgIpc) is 3.47. The molecule has 36 heavy (non-hydrogen) atoms. The highest BCUT2D eigenvalue weighted by Gasteiger charge is 2.36. The first-order valence-corrected chi connectivity index (χ1v) is 14.1. The first-order chi connectivity index (χ1) is 17.4. The summed E-state index contributed by atoms with van der Waals surface area (Å²) in [5.41, 5.74) is 2.39. The van der Waals surface area contributed by atoms with Crippen LogP contribution in [0.4, 0.5) is 0 Å². The summed E-state index contributed by atoms with van der Waals surface area (Å²) in [5, 5.41) is 0.807. The number of halogens is 1. The molecule has 0 spiro atoms. The molecule has 5 rings (SSSR count). The molecule has 0 radical (unpaired) electrons. The second kappa shape index (κ2) is 10.7. The van der Waals surface area contributed by atoms with E-state index in [1.165, 1.54) is 28.0 Å². The van der Waals surface area contributed by atoms with Crippen LogP contribution in [0.2, 0.25) is 5.02 Å². The Hall–Kier alpha value is -2.72. The lowest BCUT2D eigenvalue weighted by atomic mass is 9.95. The molecule has 3 aromatic rings. The molecule has 2 saturated heterocycles. The topological polar surface area (TPSA) is 89.6 Å². The minimum absolute atomic E-state index is 0.0941. The molecule has 1 amide bonds. The maximum Gasteiger partial charge on any atom is 0.260 e. The fraction of sp³-hybridized carbons (Fsp3) is 0.385. The van der Waals surface area contributed by atoms with Crippen LogP contribution in [0, 0.1) is 5.92 Å². The predicted molar refractivity (Wildman–Crippen MR) is 138 cm³/mol. The lowest BCUT2D eigenvalue weighted by Crippen LogP contribution is -2.52. The van der Waals surface area contributed by atoms with Crippen LogP contribution in [0.3, 0.4) is 0 Å². The summed E-state index contributed by atoms with van der Waals surface area (Å²) in [5.74, 6) is -0.0121. The number of nitrogens with one attached hydrogen (secondary N) is 1. The lowest BCUT2D eigenvalue weighted by molar-refractivity contribution is -0.138. The molecule has 0 unspecified atom stereocenters. The van der Waals surface area contributed by atoms with Crippen molar-refractivity contribution >= 4 is 27.5 Å². The molecular formula is C26H30ClN5O3S. The Morgan fingerprint density at radius 1 is 0.917 bits per heavy atom. The molecule has 2 fully saturated rings. The third-order valence-corrected chi connectivity index (χ3v) is 9.26. The number of nitrogens with zero attached hydrogens (tertiary/aromatic N) is 4. The largest absolute Gasteiger partial charge is 0.340 e. The standard InChI is InChI=1S/C26H30ClN5O3S/c27-23-8-6-21(7-9-23)25(20-4-2-1-3-5-20)30-14-16-31(17-15-30)26(33)22-10-12-32(13-11-22)36(34,35)24-18-28-19-29-24/h1-9,18-19,22,25H,10-17H2,(H,28,29)/t25-/m0/s1. The highest BCUT2D eigenvalue weighted by atomic mass is 35.5. The maximum atomic E-state index is 13.3. The van der Waals surface area contributed by atoms with Crippen LogP contribution < -0.4 is 0 Å². The number of hydrogen-bond donors (Lipinski definition) is 1. The van der Waals surface area contributed by atoms with E-state index in [1.54, 1.807) is 0 Å². The highest BCUT2D eigenvalue weighted by molar-refractivity contribution is 7.89. The van der Waals surface area contributed by atoms with Gasteiger partial charge in [-0.1, -0.05) is 54.1 Å². The van der Waals surface area contributed by atoms with Crippen molar-refractivity contribution < 1.29 is 13.2 Å². The third-order valence-electron chi connectivity index (χ3n) is 7.19. The molecule has 0 bridgehead atoms. The van der Waals surface area contributed by atoms with Gasteiger partial charge >= 0.3 is 0 Å². The Bertz CT molecular complexity index is 1250. The molecule has 1 N–H and O–H groups in total. The summed E-state index contributed by atoms with van der Waals surface area (Å²) in [7, 11) is -3.59. The van der Waals surface area contributed by atoms with Crippen molar-refractivity contribution in [3.8, 4) is 0 Å². The monoisotopic (exact) mass is 527 g/mol. The van der Waals surface area contributed by atoms with Gasteiger partial charge in [0, 0.05) is 50.2 Å². The Balaban J connectivity index is 1.21. The summed E-state index contributed by atoms with van der Waals surface area (Å²) < 4.78 is 26.9. The number of rotatable bonds is 6. The quantitative estimate of drug-likeness (QED) is 0.530. The number of aromatic amines is 1. The van der Waals surface area contributed by atoms with Gasteiger partial charge in [-0.15, -0.1) is 0 Å². The van der Waals surface area contributed by atoms with E-state index >= 15 is 0 Å². The average molecular weight is 528 g/mol. The molecule has 2 aliphatic rings. The van der Waals surface area contributed by atoms with Gasteiger partial charge in [-0.25, -0.2) is 13.4 Å². The van der Waals surface area contributed by atoms with Crippen LogP contribution in [0.5, 0.6) is 0 Å². The molecule has 0 aliphatic carbocycles. The zero-order valence-electron chi connectivity index (χ0n) is 20.0. The van der Waals surface area contributed by atoms with Crippen LogP contribution in [-0.2, 0) is 14.8 Å². The van der Waals surface area contributed by atoms with E-state index < -0.39 is 10.0 Å². The number of imidazole rings is 1. The summed E-state index contributed by atoms with van der Waals surface area (Å²) in [6.45, 7) is 3.52. The Morgan fingerprint density at radius 2 is 1.56 bits per heavy atom. The van der Waals surface area contributed by atoms with Crippen molar-refractivity contribution in [2.24, 2.45) is 5.92 Å². The molecule has 2 aromatic carbocycles. The van der Waals surface area contributed by atoms with Gasteiger partial charge in [0.25, 0.3) is 10.0 Å². The Kier molecular flexibility index (Phi) is 7.43. The number of sulfonamides is 1. The molecule has 1 atom stereocenters. The Morgan fingerprint density at radius 3 is 2.17 bits per heavy atom. The minimum Gasteiger partial charge on any atom is -0.340 e. The summed E-state index contributed by atoms with van der Waals surface area (Å²) >= 11 is 6.14. The second-order valence-electron chi connectivity index (χ2n) is 9.32. The zero-order chi connectivity index (χ0) is 25.1. The SMILES string of the molecule is O=C(C1CCN(S(=O)(=O)c2cnc[nH]2)CC1)N1CCN([C@@H](c2ccccc2)c2ccc(Cl)cc2)CC1. The van der Waals surface area contributed by atoms with Gasteiger partial charge in [-0.3, -0.25) is 9.69 Å². The fourth-order valence-corrected chi connectivity index (χ4v) is 6.71. The molecule has 190 valence electrons. The number of carbonyl (C=O) groups is 1. The third kappa shape index (κ3) is 5.20. The molecular weight excluding hydrogens is 498 g/mol. The van der Waals surface area contributed by atoms with Gasteiger partial charge in [-0.05, 0) is 36.1 Å². The van der Waals surface area contributed by atoms with Gasteiger partial charge in [-0.2, -0.15) is 4.31 Å². The van der Waals surface area contributed by atoms with Crippen molar-refractivity contribution in [2.45, 2.75) is 23.9 Å². The van der Waals surface area contributed by atoms with Crippen molar-refractivity contribution in [1.29, 1.82) is 0 Å². The van der Waals surface area contributed by atoms with Gasteiger partial charge < -0.3 is 9.88 Å². The fourth-order valence-electron chi connectivity index (χ4n) is 5.22. The number of aromatic nitrogens is 2. The number of H-pyrrole nitrogens is 1. The first-order valence-electron chi connectivity index (χ1n) is 12.3. The number of piperazine rings is 1. The summed E-state index contributed by atoms with van der Waals surface area (Å²) in [6, 6.07) is 18.5. The zero-order valence-corrected chi connectivity index (χ0v) is 21.5. The minimum atomic E-state index is -3.59. The van der Waals surface area contributed by atoms with E-state index in [-0.39, 0.29) is 22.9 Å². The van der Waals surface area contributed by atoms with Gasteiger partial charge in [0.05, 0.1) is 18.6 Å². The van der Waals surface area contributed by atoms with Crippen LogP contribution in [-0.4, -0.2) is 77.7 Å². The number of hydrogen-bond acceptors (Lipinski definition) is 5. The normalized spacial score (nSPS) is 19.3. The summed E-state index contributed by atoms with van der Waals surface area (Å²) in [4.78, 5) is 24.2. The highest BCUT2D eigenvalue weighted by Crippen LogP contribution is 2.31. The Labute approximate surface area is 216 Å². The van der Waals surface area contributed by atoms with Crippen LogP contribution in [0.1, 0.15) is 30.0 Å². The van der Waals surface area contributed by atoms with E-state index in [0.29, 0.717) is 44.0 Å². The van der Waals surface area contributed by atoms with E-state index in [9.17, 15) is 13.2 Å². The summed E-state index contributed by atoms with van der Waals surface area (Å²) in [6.07, 6.45) is 3.74. The molecule has 8 nitrogen and oxygen atoms in total. The van der Waals surface area contributed by atoms with Gasteiger partial charge in [0.15, 0.2) is 5.03 Å². The van der Waals surface area contributed by atoms with Crippen molar-refractivity contribution in [1.82, 2.24) is 24.1 Å². The smallest absolute Gasteiger partial charge is 0.260 e. The van der Waals surface area contributed by atoms with Gasteiger partial charge in [0.2, 0.25) is 5.91 Å². The first kappa shape index (κ1) is 25.0. The van der Waals surface area contributed by atoms with E-state index in [1.807, 2.05) is 23.1 Å². The van der Waals surface area contributed by atoms with Crippen LogP contribution >= 0.6 is 11.6 Å². The van der Waals surface area contributed by atoms with Crippen molar-refractivity contribution in [3.05, 3.63) is 83.3 Å². The molecule has 1 aromatic heterocycles. The van der Waals surface area contributed by atoms with Crippen molar-refractivity contribution in [2.75, 3.05) is 39.3 Å². The molecule has 3 heterocycles. The number of piperidine rings is 1. The molecule has 2 aliphatic heterocycles. The van der Waals surface area contributed by atoms with Crippen LogP contribution in [0.25, 0.3) is 0 Å². The molecule has 0 saturated carbocycles. The second-order valence-corrected chi connectivity index (χ2v) is 11.7. The van der Waals surface area contributed by atoms with Crippen LogP contribution in [0.15, 0.2) is 72.1 Å². The number of amides is 1. The number of carbonyl (C=O) groups excluding carboxylic acids is 1. The van der Waals surface area contributed by atoms with E-state index in [4.69, 9.17) is 11.6 Å². The van der Waals surface area contributed by atoms with E-state index in [2.05, 4.69) is 51.3 Å². The van der Waals surface area contributed by atoms with Gasteiger partial charge in [0.1, 0.15) is 0 Å². The molecule has 10 heteroatoms. The lowest BCUT2D eigenvalue weighted by Gasteiger charge is -2.41. The maximum absolute atomic E-state index is 13.3. The number of benzene rings is 2. The van der Waals surface area contributed by atoms with Crippen molar-refractivity contribution in [3.63, 3.8) is 0 Å².